The Kier molecular flexibility index (Phi) is 7.61. The second-order valence-electron chi connectivity index (χ2n) is 8.41. The normalized spacial score (nSPS) is 14.8. The predicted octanol–water partition coefficient (Wildman–Crippen LogP) is 4.07. The van der Waals surface area contributed by atoms with E-state index < -0.39 is 0 Å². The second-order valence-corrected chi connectivity index (χ2v) is 9.45. The number of carbonyl (C=O) groups is 1. The summed E-state index contributed by atoms with van der Waals surface area (Å²) in [4.78, 5) is 27.1. The molecule has 3 aromatic rings. The minimum Gasteiger partial charge on any atom is -0.355 e. The minimum absolute atomic E-state index is 0.249. The number of anilines is 3. The van der Waals surface area contributed by atoms with Crippen LogP contribution in [0.4, 0.5) is 17.5 Å². The molecule has 2 N–H and O–H groups in total. The summed E-state index contributed by atoms with van der Waals surface area (Å²) in [6.45, 7) is 7.86. The molecule has 2 aromatic heterocycles. The summed E-state index contributed by atoms with van der Waals surface area (Å²) >= 11 is 1.52. The Hall–Kier alpha value is -2.91. The van der Waals surface area contributed by atoms with Crippen molar-refractivity contribution in [3.05, 3.63) is 47.7 Å². The van der Waals surface area contributed by atoms with Crippen LogP contribution in [0.1, 0.15) is 31.0 Å². The van der Waals surface area contributed by atoms with Crippen LogP contribution in [0, 0.1) is 6.92 Å². The number of hydrogen-bond acceptors (Lipinski definition) is 8. The molecule has 174 valence electrons. The van der Waals surface area contributed by atoms with Gasteiger partial charge in [0.15, 0.2) is 11.0 Å². The van der Waals surface area contributed by atoms with Crippen LogP contribution in [0.5, 0.6) is 0 Å². The van der Waals surface area contributed by atoms with Gasteiger partial charge in [-0.2, -0.15) is 5.10 Å². The number of Topliss-reactive ketones (excluding diaryl/α,β-unsaturated/α-hetero) is 1. The summed E-state index contributed by atoms with van der Waals surface area (Å²) < 4.78 is 0. The van der Waals surface area contributed by atoms with E-state index in [1.165, 1.54) is 11.8 Å². The van der Waals surface area contributed by atoms with Gasteiger partial charge in [-0.15, -0.1) is 0 Å². The van der Waals surface area contributed by atoms with Crippen molar-refractivity contribution in [2.75, 3.05) is 43.4 Å². The van der Waals surface area contributed by atoms with E-state index in [1.807, 2.05) is 50.2 Å². The van der Waals surface area contributed by atoms with E-state index in [0.717, 1.165) is 66.2 Å². The lowest BCUT2D eigenvalue weighted by molar-refractivity contribution is -0.118. The zero-order chi connectivity index (χ0) is 23.2. The standard InChI is InChI=1S/C24H31N7OS/c1-4-19(32)15-18-6-8-20(9-7-18)33-24-26-21(25-22-14-17(2)28-29-22)16-23(27-24)31-11-5-10-30(3)12-13-31/h6-9,14,16H,4-5,10-13,15H2,1-3H3,(H2,25,26,27,28,29). The third kappa shape index (κ3) is 6.55. The molecule has 0 aliphatic carbocycles. The van der Waals surface area contributed by atoms with E-state index in [0.29, 0.717) is 18.0 Å². The Labute approximate surface area is 199 Å². The lowest BCUT2D eigenvalue weighted by Gasteiger charge is -2.22. The maximum atomic E-state index is 11.7. The molecular formula is C24H31N7OS. The quantitative estimate of drug-likeness (QED) is 0.481. The largest absolute Gasteiger partial charge is 0.355 e. The van der Waals surface area contributed by atoms with Crippen molar-refractivity contribution in [1.29, 1.82) is 0 Å². The molecule has 8 nitrogen and oxygen atoms in total. The molecular weight excluding hydrogens is 434 g/mol. The summed E-state index contributed by atoms with van der Waals surface area (Å²) in [5.41, 5.74) is 2.02. The number of carbonyl (C=O) groups excluding carboxylic acids is 1. The molecule has 1 aromatic carbocycles. The molecule has 33 heavy (non-hydrogen) atoms. The zero-order valence-electron chi connectivity index (χ0n) is 19.5. The highest BCUT2D eigenvalue weighted by Crippen LogP contribution is 2.29. The van der Waals surface area contributed by atoms with Gasteiger partial charge in [0.1, 0.15) is 17.4 Å². The lowest BCUT2D eigenvalue weighted by Crippen LogP contribution is -2.29. The number of aromatic amines is 1. The molecule has 0 spiro atoms. The van der Waals surface area contributed by atoms with Gasteiger partial charge in [0, 0.05) is 55.2 Å². The highest BCUT2D eigenvalue weighted by molar-refractivity contribution is 7.99. The van der Waals surface area contributed by atoms with Crippen molar-refractivity contribution in [1.82, 2.24) is 25.1 Å². The molecule has 1 aliphatic rings. The van der Waals surface area contributed by atoms with E-state index in [9.17, 15) is 4.79 Å². The summed E-state index contributed by atoms with van der Waals surface area (Å²) in [6.07, 6.45) is 2.14. The van der Waals surface area contributed by atoms with Crippen molar-refractivity contribution in [2.24, 2.45) is 0 Å². The average Bonchev–Trinajstić information content (AvgIpc) is 3.08. The van der Waals surface area contributed by atoms with E-state index >= 15 is 0 Å². The molecule has 0 bridgehead atoms. The number of aromatic nitrogens is 4. The van der Waals surface area contributed by atoms with Crippen LogP contribution in [0.3, 0.4) is 0 Å². The van der Waals surface area contributed by atoms with Crippen molar-refractivity contribution in [3.8, 4) is 0 Å². The Balaban J connectivity index is 1.57. The van der Waals surface area contributed by atoms with Crippen LogP contribution >= 0.6 is 11.8 Å². The number of nitrogens with one attached hydrogen (secondary N) is 2. The minimum atomic E-state index is 0.249. The molecule has 0 saturated carbocycles. The molecule has 4 rings (SSSR count). The van der Waals surface area contributed by atoms with Gasteiger partial charge in [-0.05, 0) is 56.4 Å². The molecule has 0 unspecified atom stereocenters. The van der Waals surface area contributed by atoms with Crippen LogP contribution in [-0.4, -0.2) is 64.1 Å². The number of rotatable bonds is 8. The number of hydrogen-bond donors (Lipinski definition) is 2. The number of nitrogens with zero attached hydrogens (tertiary/aromatic N) is 5. The number of H-pyrrole nitrogens is 1. The van der Waals surface area contributed by atoms with E-state index in [1.54, 1.807) is 0 Å². The average molecular weight is 466 g/mol. The van der Waals surface area contributed by atoms with Crippen molar-refractivity contribution >= 4 is 35.0 Å². The smallest absolute Gasteiger partial charge is 0.196 e. The van der Waals surface area contributed by atoms with Gasteiger partial charge >= 0.3 is 0 Å². The van der Waals surface area contributed by atoms with Crippen LogP contribution in [0.25, 0.3) is 0 Å². The Bertz CT molecular complexity index is 1080. The number of likely N-dealkylation sites (N-methyl/N-ethyl adjacent to an activating group) is 1. The molecule has 0 radical (unpaired) electrons. The first-order valence-corrected chi connectivity index (χ1v) is 12.2. The van der Waals surface area contributed by atoms with Gasteiger partial charge < -0.3 is 15.1 Å². The molecule has 0 atom stereocenters. The third-order valence-electron chi connectivity index (χ3n) is 5.63. The maximum absolute atomic E-state index is 11.7. The molecule has 0 amide bonds. The highest BCUT2D eigenvalue weighted by Gasteiger charge is 2.17. The van der Waals surface area contributed by atoms with E-state index in [-0.39, 0.29) is 5.78 Å². The monoisotopic (exact) mass is 465 g/mol. The van der Waals surface area contributed by atoms with Crippen molar-refractivity contribution in [3.63, 3.8) is 0 Å². The summed E-state index contributed by atoms with van der Waals surface area (Å²) in [7, 11) is 2.16. The van der Waals surface area contributed by atoms with Gasteiger partial charge in [0.05, 0.1) is 0 Å². The van der Waals surface area contributed by atoms with Gasteiger partial charge in [0.25, 0.3) is 0 Å². The highest BCUT2D eigenvalue weighted by atomic mass is 32.2. The summed E-state index contributed by atoms with van der Waals surface area (Å²) in [5, 5.41) is 11.2. The predicted molar refractivity (Wildman–Crippen MR) is 133 cm³/mol. The first-order valence-electron chi connectivity index (χ1n) is 11.4. The third-order valence-corrected chi connectivity index (χ3v) is 6.50. The zero-order valence-corrected chi connectivity index (χ0v) is 20.3. The van der Waals surface area contributed by atoms with Gasteiger partial charge in [-0.25, -0.2) is 9.97 Å². The summed E-state index contributed by atoms with van der Waals surface area (Å²) in [6, 6.07) is 12.0. The maximum Gasteiger partial charge on any atom is 0.196 e. The van der Waals surface area contributed by atoms with Gasteiger partial charge in [-0.1, -0.05) is 19.1 Å². The van der Waals surface area contributed by atoms with Crippen LogP contribution in [-0.2, 0) is 11.2 Å². The van der Waals surface area contributed by atoms with Crippen LogP contribution < -0.4 is 10.2 Å². The SMILES string of the molecule is CCC(=O)Cc1ccc(Sc2nc(Nc3cc(C)[nH]n3)cc(N3CCCN(C)CC3)n2)cc1. The first kappa shape index (κ1) is 23.3. The summed E-state index contributed by atoms with van der Waals surface area (Å²) in [5.74, 6) is 2.62. The lowest BCUT2D eigenvalue weighted by atomic mass is 10.1. The fourth-order valence-corrected chi connectivity index (χ4v) is 4.47. The molecule has 3 heterocycles. The Morgan fingerprint density at radius 2 is 1.91 bits per heavy atom. The molecule has 1 aliphatic heterocycles. The van der Waals surface area contributed by atoms with Crippen LogP contribution in [0.15, 0.2) is 46.5 Å². The second kappa shape index (κ2) is 10.8. The molecule has 1 saturated heterocycles. The number of ketones is 1. The fourth-order valence-electron chi connectivity index (χ4n) is 3.71. The van der Waals surface area contributed by atoms with E-state index in [4.69, 9.17) is 9.97 Å². The number of benzene rings is 1. The first-order chi connectivity index (χ1) is 16.0. The van der Waals surface area contributed by atoms with E-state index in [2.05, 4.69) is 32.4 Å². The van der Waals surface area contributed by atoms with Crippen LogP contribution in [0.2, 0.25) is 0 Å². The van der Waals surface area contributed by atoms with Gasteiger partial charge in [-0.3, -0.25) is 9.89 Å². The topological polar surface area (TPSA) is 90.0 Å². The van der Waals surface area contributed by atoms with Crippen molar-refractivity contribution in [2.45, 2.75) is 43.2 Å². The van der Waals surface area contributed by atoms with Crippen molar-refractivity contribution < 1.29 is 4.79 Å². The fraction of sp³-hybridized carbons (Fsp3) is 0.417. The number of aryl methyl sites for hydroxylation is 1. The van der Waals surface area contributed by atoms with Gasteiger partial charge in [0.2, 0.25) is 0 Å². The molecule has 1 fully saturated rings. The Morgan fingerprint density at radius 1 is 1.09 bits per heavy atom. The molecule has 9 heteroatoms. The Morgan fingerprint density at radius 3 is 2.64 bits per heavy atom.